The minimum absolute atomic E-state index is 0.0516. The second kappa shape index (κ2) is 7.86. The Balaban J connectivity index is 2.04. The molecule has 0 bridgehead atoms. The summed E-state index contributed by atoms with van der Waals surface area (Å²) < 4.78 is 10.6. The fourth-order valence-electron chi connectivity index (χ4n) is 2.99. The number of hydrogen-bond donors (Lipinski definition) is 1. The quantitative estimate of drug-likeness (QED) is 0.680. The molecule has 0 heterocycles. The third kappa shape index (κ3) is 3.83. The Hall–Kier alpha value is -2.78. The number of rotatable bonds is 6. The molecule has 0 spiro atoms. The standard InChI is InChI=1S/C22H22O3/c1-24-20-11-7-18(8-12-20)22(17-5-3-16(15-23)4-6-17)19-9-13-21(25-2)14-10-19/h3-14,22-23H,15H2,1-2H3. The van der Waals surface area contributed by atoms with E-state index in [0.717, 1.165) is 17.1 Å². The second-order valence-electron chi connectivity index (χ2n) is 5.88. The number of ether oxygens (including phenoxy) is 2. The monoisotopic (exact) mass is 334 g/mol. The molecule has 0 unspecified atom stereocenters. The van der Waals surface area contributed by atoms with Crippen molar-refractivity contribution in [3.8, 4) is 11.5 Å². The van der Waals surface area contributed by atoms with Crippen LogP contribution in [0.25, 0.3) is 0 Å². The molecule has 1 N–H and O–H groups in total. The van der Waals surface area contributed by atoms with Crippen LogP contribution in [0.3, 0.4) is 0 Å². The highest BCUT2D eigenvalue weighted by Gasteiger charge is 2.17. The first kappa shape index (κ1) is 17.1. The van der Waals surface area contributed by atoms with E-state index in [9.17, 15) is 5.11 Å². The largest absolute Gasteiger partial charge is 0.497 e. The second-order valence-corrected chi connectivity index (χ2v) is 5.88. The van der Waals surface area contributed by atoms with Gasteiger partial charge in [0.25, 0.3) is 0 Å². The van der Waals surface area contributed by atoms with Crippen LogP contribution in [0.4, 0.5) is 0 Å². The zero-order chi connectivity index (χ0) is 17.6. The van der Waals surface area contributed by atoms with Crippen molar-refractivity contribution in [2.75, 3.05) is 14.2 Å². The summed E-state index contributed by atoms with van der Waals surface area (Å²) in [5.41, 5.74) is 4.45. The molecule has 0 saturated heterocycles. The van der Waals surface area contributed by atoms with Crippen LogP contribution in [0.15, 0.2) is 72.8 Å². The van der Waals surface area contributed by atoms with E-state index in [1.807, 2.05) is 36.4 Å². The summed E-state index contributed by atoms with van der Waals surface area (Å²) in [6.07, 6.45) is 0. The van der Waals surface area contributed by atoms with Crippen molar-refractivity contribution in [2.24, 2.45) is 0 Å². The molecule has 0 aliphatic carbocycles. The Labute approximate surface area is 148 Å². The van der Waals surface area contributed by atoms with E-state index in [4.69, 9.17) is 9.47 Å². The van der Waals surface area contributed by atoms with Gasteiger partial charge in [-0.2, -0.15) is 0 Å². The third-order valence-electron chi connectivity index (χ3n) is 4.39. The highest BCUT2D eigenvalue weighted by Crippen LogP contribution is 2.33. The van der Waals surface area contributed by atoms with Crippen molar-refractivity contribution in [1.29, 1.82) is 0 Å². The van der Waals surface area contributed by atoms with Gasteiger partial charge in [0.05, 0.1) is 20.8 Å². The minimum Gasteiger partial charge on any atom is -0.497 e. The maximum Gasteiger partial charge on any atom is 0.118 e. The topological polar surface area (TPSA) is 38.7 Å². The van der Waals surface area contributed by atoms with E-state index >= 15 is 0 Å². The molecule has 0 aliphatic rings. The van der Waals surface area contributed by atoms with Crippen LogP contribution in [0, 0.1) is 0 Å². The number of hydrogen-bond acceptors (Lipinski definition) is 3. The van der Waals surface area contributed by atoms with Crippen molar-refractivity contribution in [3.63, 3.8) is 0 Å². The Morgan fingerprint density at radius 3 is 1.32 bits per heavy atom. The Morgan fingerprint density at radius 1 is 0.640 bits per heavy atom. The molecule has 3 aromatic rings. The van der Waals surface area contributed by atoms with Crippen LogP contribution < -0.4 is 9.47 Å². The molecule has 3 aromatic carbocycles. The van der Waals surface area contributed by atoms with E-state index in [0.29, 0.717) is 0 Å². The van der Waals surface area contributed by atoms with Gasteiger partial charge in [-0.3, -0.25) is 0 Å². The Bertz CT molecular complexity index is 677. The Morgan fingerprint density at radius 2 is 1.00 bits per heavy atom. The van der Waals surface area contributed by atoms with Crippen molar-refractivity contribution in [1.82, 2.24) is 0 Å². The minimum atomic E-state index is 0.0516. The van der Waals surface area contributed by atoms with E-state index in [1.165, 1.54) is 16.7 Å². The van der Waals surface area contributed by atoms with Gasteiger partial charge in [-0.05, 0) is 46.5 Å². The van der Waals surface area contributed by atoms with Crippen LogP contribution in [-0.4, -0.2) is 19.3 Å². The average Bonchev–Trinajstić information content (AvgIpc) is 2.70. The predicted octanol–water partition coefficient (Wildman–Crippen LogP) is 4.38. The zero-order valence-corrected chi connectivity index (χ0v) is 14.5. The van der Waals surface area contributed by atoms with E-state index < -0.39 is 0 Å². The Kier molecular flexibility index (Phi) is 5.36. The van der Waals surface area contributed by atoms with Gasteiger partial charge in [-0.25, -0.2) is 0 Å². The highest BCUT2D eigenvalue weighted by molar-refractivity contribution is 5.46. The van der Waals surface area contributed by atoms with Gasteiger partial charge in [0.1, 0.15) is 11.5 Å². The van der Waals surface area contributed by atoms with Crippen LogP contribution >= 0.6 is 0 Å². The van der Waals surface area contributed by atoms with Crippen LogP contribution in [-0.2, 0) is 6.61 Å². The van der Waals surface area contributed by atoms with Crippen LogP contribution in [0.2, 0.25) is 0 Å². The summed E-state index contributed by atoms with van der Waals surface area (Å²) in [6, 6.07) is 24.4. The summed E-state index contributed by atoms with van der Waals surface area (Å²) in [4.78, 5) is 0. The predicted molar refractivity (Wildman–Crippen MR) is 99.3 cm³/mol. The van der Waals surface area contributed by atoms with Gasteiger partial charge in [-0.1, -0.05) is 48.5 Å². The average molecular weight is 334 g/mol. The maximum atomic E-state index is 9.29. The van der Waals surface area contributed by atoms with Crippen molar-refractivity contribution in [3.05, 3.63) is 95.1 Å². The molecule has 0 aromatic heterocycles. The lowest BCUT2D eigenvalue weighted by Crippen LogP contribution is -2.04. The summed E-state index contributed by atoms with van der Waals surface area (Å²) in [5.74, 6) is 1.78. The lowest BCUT2D eigenvalue weighted by molar-refractivity contribution is 0.282. The van der Waals surface area contributed by atoms with Gasteiger partial charge in [-0.15, -0.1) is 0 Å². The van der Waals surface area contributed by atoms with Gasteiger partial charge in [0.15, 0.2) is 0 Å². The SMILES string of the molecule is COc1ccc(C(c2ccc(CO)cc2)c2ccc(OC)cc2)cc1. The molecule has 25 heavy (non-hydrogen) atoms. The van der Waals surface area contributed by atoms with Gasteiger partial charge in [0.2, 0.25) is 0 Å². The summed E-state index contributed by atoms with van der Waals surface area (Å²) >= 11 is 0. The first-order valence-electron chi connectivity index (χ1n) is 8.22. The van der Waals surface area contributed by atoms with E-state index in [-0.39, 0.29) is 12.5 Å². The zero-order valence-electron chi connectivity index (χ0n) is 14.5. The molecule has 0 radical (unpaired) electrons. The van der Waals surface area contributed by atoms with Gasteiger partial charge in [0, 0.05) is 5.92 Å². The summed E-state index contributed by atoms with van der Waals surface area (Å²) in [5, 5.41) is 9.29. The fraction of sp³-hybridized carbons (Fsp3) is 0.182. The molecule has 3 heteroatoms. The molecule has 0 aliphatic heterocycles. The van der Waals surface area contributed by atoms with Gasteiger partial charge >= 0.3 is 0 Å². The molecule has 0 atom stereocenters. The molecular weight excluding hydrogens is 312 g/mol. The number of methoxy groups -OCH3 is 2. The first-order valence-corrected chi connectivity index (χ1v) is 8.22. The lowest BCUT2D eigenvalue weighted by Gasteiger charge is -2.20. The maximum absolute atomic E-state index is 9.29. The molecular formula is C22H22O3. The van der Waals surface area contributed by atoms with Crippen molar-refractivity contribution >= 4 is 0 Å². The molecule has 0 fully saturated rings. The summed E-state index contributed by atoms with van der Waals surface area (Å²) in [6.45, 7) is 0.0516. The van der Waals surface area contributed by atoms with Crippen LogP contribution in [0.1, 0.15) is 28.2 Å². The van der Waals surface area contributed by atoms with E-state index in [2.05, 4.69) is 36.4 Å². The van der Waals surface area contributed by atoms with Crippen molar-refractivity contribution in [2.45, 2.75) is 12.5 Å². The molecule has 128 valence electrons. The lowest BCUT2D eigenvalue weighted by atomic mass is 9.85. The fourth-order valence-corrected chi connectivity index (χ4v) is 2.99. The molecule has 0 saturated carbocycles. The third-order valence-corrected chi connectivity index (χ3v) is 4.39. The molecule has 0 amide bonds. The van der Waals surface area contributed by atoms with Gasteiger partial charge < -0.3 is 14.6 Å². The van der Waals surface area contributed by atoms with Crippen molar-refractivity contribution < 1.29 is 14.6 Å². The summed E-state index contributed by atoms with van der Waals surface area (Å²) in [7, 11) is 3.34. The molecule has 3 nitrogen and oxygen atoms in total. The molecule has 3 rings (SSSR count). The number of aliphatic hydroxyl groups is 1. The number of aliphatic hydroxyl groups excluding tert-OH is 1. The highest BCUT2D eigenvalue weighted by atomic mass is 16.5. The normalized spacial score (nSPS) is 10.7. The smallest absolute Gasteiger partial charge is 0.118 e. The van der Waals surface area contributed by atoms with E-state index in [1.54, 1.807) is 14.2 Å². The first-order chi connectivity index (χ1) is 12.2. The van der Waals surface area contributed by atoms with Crippen LogP contribution in [0.5, 0.6) is 11.5 Å². The number of benzene rings is 3.